The highest BCUT2D eigenvalue weighted by Gasteiger charge is 2.32. The van der Waals surface area contributed by atoms with Crippen molar-refractivity contribution in [2.24, 2.45) is 4.99 Å². The molecule has 41 heavy (non-hydrogen) atoms. The van der Waals surface area contributed by atoms with Crippen LogP contribution in [0.2, 0.25) is 0 Å². The summed E-state index contributed by atoms with van der Waals surface area (Å²) < 4.78 is 42.5. The Labute approximate surface area is 243 Å². The number of hydrogen-bond acceptors (Lipinski definition) is 6. The lowest BCUT2D eigenvalue weighted by atomic mass is 10.1. The Morgan fingerprint density at radius 1 is 1.10 bits per heavy atom. The molecule has 0 aliphatic carbocycles. The van der Waals surface area contributed by atoms with E-state index >= 15 is 0 Å². The van der Waals surface area contributed by atoms with Crippen LogP contribution in [-0.4, -0.2) is 43.1 Å². The van der Waals surface area contributed by atoms with Crippen LogP contribution in [0.15, 0.2) is 84.1 Å². The molecule has 3 aromatic carbocycles. The van der Waals surface area contributed by atoms with Crippen molar-refractivity contribution in [1.82, 2.24) is 20.1 Å². The van der Waals surface area contributed by atoms with Gasteiger partial charge in [0.15, 0.2) is 16.1 Å². The fourth-order valence-electron chi connectivity index (χ4n) is 4.11. The maximum atomic E-state index is 12.6. The van der Waals surface area contributed by atoms with Gasteiger partial charge in [-0.15, -0.1) is 18.3 Å². The topological polar surface area (TPSA) is 84.6 Å². The number of thiocarbonyl (C=S) groups is 1. The number of carbonyl (C=O) groups is 1. The van der Waals surface area contributed by atoms with Gasteiger partial charge in [0.05, 0.1) is 17.1 Å². The Morgan fingerprint density at radius 3 is 2.54 bits per heavy atom. The van der Waals surface area contributed by atoms with E-state index in [1.54, 1.807) is 4.90 Å². The third-order valence-corrected chi connectivity index (χ3v) is 7.22. The number of hydrogen-bond donors (Lipinski definition) is 1. The molecule has 210 valence electrons. The second-order valence-electron chi connectivity index (χ2n) is 8.80. The number of nitrogens with zero attached hydrogens (tertiary/aromatic N) is 5. The molecule has 2 heterocycles. The van der Waals surface area contributed by atoms with Crippen molar-refractivity contribution < 1.29 is 22.7 Å². The molecule has 0 spiro atoms. The maximum absolute atomic E-state index is 12.6. The molecule has 5 rings (SSSR count). The predicted molar refractivity (Wildman–Crippen MR) is 156 cm³/mol. The summed E-state index contributed by atoms with van der Waals surface area (Å²) in [5.41, 5.74) is 4.12. The molecule has 1 N–H and O–H groups in total. The zero-order chi connectivity index (χ0) is 29.0. The predicted octanol–water partition coefficient (Wildman–Crippen LogP) is 5.91. The van der Waals surface area contributed by atoms with Gasteiger partial charge >= 0.3 is 6.36 Å². The molecule has 1 aliphatic rings. The van der Waals surface area contributed by atoms with Crippen LogP contribution in [0.25, 0.3) is 17.1 Å². The molecule has 13 heteroatoms. The number of aromatic nitrogens is 3. The van der Waals surface area contributed by atoms with Gasteiger partial charge in [0.2, 0.25) is 5.91 Å². The van der Waals surface area contributed by atoms with E-state index in [-0.39, 0.29) is 16.8 Å². The number of aliphatic imine (C=N–C) groups is 1. The summed E-state index contributed by atoms with van der Waals surface area (Å²) in [6.07, 6.45) is -2.48. The maximum Gasteiger partial charge on any atom is 0.573 e. The number of anilines is 1. The number of amidine groups is 1. The van der Waals surface area contributed by atoms with Crippen LogP contribution in [0.5, 0.6) is 5.75 Å². The molecule has 1 amide bonds. The number of alkyl halides is 3. The van der Waals surface area contributed by atoms with Gasteiger partial charge in [-0.3, -0.25) is 9.69 Å². The first kappa shape index (κ1) is 28.3. The molecule has 1 fully saturated rings. The Kier molecular flexibility index (Phi) is 8.36. The molecular weight excluding hydrogens is 573 g/mol. The quantitative estimate of drug-likeness (QED) is 0.266. The van der Waals surface area contributed by atoms with E-state index in [1.165, 1.54) is 47.0 Å². The first-order valence-corrected chi connectivity index (χ1v) is 13.9. The second-order valence-corrected chi connectivity index (χ2v) is 10.1. The lowest BCUT2D eigenvalue weighted by Crippen LogP contribution is -2.32. The van der Waals surface area contributed by atoms with Crippen LogP contribution in [0.4, 0.5) is 18.9 Å². The normalized spacial score (nSPS) is 14.5. The largest absolute Gasteiger partial charge is 0.573 e. The minimum Gasteiger partial charge on any atom is -0.406 e. The number of benzene rings is 3. The van der Waals surface area contributed by atoms with Crippen LogP contribution < -0.4 is 15.0 Å². The molecule has 4 aromatic rings. The Hall–Kier alpha value is -4.23. The molecular formula is C28H23F3N6O2S2. The highest BCUT2D eigenvalue weighted by atomic mass is 32.2. The van der Waals surface area contributed by atoms with Crippen LogP contribution >= 0.6 is 24.0 Å². The first-order chi connectivity index (χ1) is 19.7. The Bertz CT molecular complexity index is 1590. The van der Waals surface area contributed by atoms with E-state index in [0.29, 0.717) is 29.0 Å². The number of rotatable bonds is 7. The van der Waals surface area contributed by atoms with Crippen molar-refractivity contribution in [2.45, 2.75) is 26.3 Å². The number of para-hydroxylation sites is 1. The van der Waals surface area contributed by atoms with Gasteiger partial charge in [0.1, 0.15) is 12.1 Å². The highest BCUT2D eigenvalue weighted by molar-refractivity contribution is 8.15. The van der Waals surface area contributed by atoms with E-state index in [1.807, 2.05) is 55.5 Å². The molecule has 1 aliphatic heterocycles. The average molecular weight is 597 g/mol. The molecule has 0 unspecified atom stereocenters. The smallest absolute Gasteiger partial charge is 0.406 e. The van der Waals surface area contributed by atoms with E-state index in [9.17, 15) is 18.0 Å². The number of thioether (sulfide) groups is 1. The Morgan fingerprint density at radius 2 is 1.83 bits per heavy atom. The second kappa shape index (κ2) is 12.1. The number of nitrogens with one attached hydrogen (secondary N) is 1. The van der Waals surface area contributed by atoms with Gasteiger partial charge in [-0.25, -0.2) is 9.67 Å². The summed E-state index contributed by atoms with van der Waals surface area (Å²) >= 11 is 6.80. The lowest BCUT2D eigenvalue weighted by molar-refractivity contribution is -0.274. The van der Waals surface area contributed by atoms with Crippen molar-refractivity contribution in [3.63, 3.8) is 0 Å². The lowest BCUT2D eigenvalue weighted by Gasteiger charge is -2.19. The molecule has 0 bridgehead atoms. The molecule has 0 radical (unpaired) electrons. The van der Waals surface area contributed by atoms with Crippen molar-refractivity contribution in [2.75, 3.05) is 10.7 Å². The monoisotopic (exact) mass is 596 g/mol. The standard InChI is InChI=1S/C28H23F3N6O2S2/c1-2-19-5-3-4-6-23(19)37-24(38)16-41-27(37)34-26(40)32-15-18-7-9-20(10-8-18)25-33-17-36(35-25)21-11-13-22(14-12-21)39-28(29,30)31/h3-14,17H,2,15-16H2,1H3,(H,32,40). The zero-order valence-corrected chi connectivity index (χ0v) is 23.3. The Balaban J connectivity index is 1.20. The van der Waals surface area contributed by atoms with E-state index in [2.05, 4.69) is 25.1 Å². The van der Waals surface area contributed by atoms with Crippen LogP contribution in [0, 0.1) is 0 Å². The third kappa shape index (κ3) is 6.92. The van der Waals surface area contributed by atoms with Gasteiger partial charge < -0.3 is 10.1 Å². The number of carbonyl (C=O) groups excluding carboxylic acids is 1. The number of halogens is 3. The van der Waals surface area contributed by atoms with Crippen LogP contribution in [-0.2, 0) is 17.8 Å². The van der Waals surface area contributed by atoms with Gasteiger partial charge in [-0.1, -0.05) is 61.2 Å². The van der Waals surface area contributed by atoms with Crippen LogP contribution in [0.3, 0.4) is 0 Å². The molecule has 1 saturated heterocycles. The summed E-state index contributed by atoms with van der Waals surface area (Å²) in [6.45, 7) is 2.47. The SMILES string of the molecule is CCc1ccccc1N1C(=O)CSC1=NC(=S)NCc1ccc(-c2ncn(-c3ccc(OC(F)(F)F)cc3)n2)cc1. The zero-order valence-electron chi connectivity index (χ0n) is 21.6. The van der Waals surface area contributed by atoms with E-state index < -0.39 is 6.36 Å². The van der Waals surface area contributed by atoms with Gasteiger partial charge in [0.25, 0.3) is 0 Å². The van der Waals surface area contributed by atoms with Crippen molar-refractivity contribution >= 4 is 45.9 Å². The molecule has 1 aromatic heterocycles. The fraction of sp³-hybridized carbons (Fsp3) is 0.179. The number of amides is 1. The minimum absolute atomic E-state index is 0.0309. The first-order valence-electron chi connectivity index (χ1n) is 12.5. The molecule has 8 nitrogen and oxygen atoms in total. The van der Waals surface area contributed by atoms with Crippen LogP contribution in [0.1, 0.15) is 18.1 Å². The third-order valence-electron chi connectivity index (χ3n) is 6.06. The number of aryl methyl sites for hydroxylation is 1. The highest BCUT2D eigenvalue weighted by Crippen LogP contribution is 2.30. The van der Waals surface area contributed by atoms with Crippen molar-refractivity contribution in [1.29, 1.82) is 0 Å². The number of ether oxygens (including phenoxy) is 1. The average Bonchev–Trinajstić information content (AvgIpc) is 3.59. The summed E-state index contributed by atoms with van der Waals surface area (Å²) in [4.78, 5) is 23.1. The van der Waals surface area contributed by atoms with E-state index in [0.717, 1.165) is 28.8 Å². The minimum atomic E-state index is -4.75. The van der Waals surface area contributed by atoms with Gasteiger partial charge in [-0.2, -0.15) is 4.99 Å². The van der Waals surface area contributed by atoms with Gasteiger partial charge in [-0.05, 0) is 60.1 Å². The summed E-state index contributed by atoms with van der Waals surface area (Å²) in [5, 5.41) is 8.37. The van der Waals surface area contributed by atoms with Gasteiger partial charge in [0, 0.05) is 12.1 Å². The fourth-order valence-corrected chi connectivity index (χ4v) is 5.19. The summed E-state index contributed by atoms with van der Waals surface area (Å²) in [5.74, 6) is 0.419. The summed E-state index contributed by atoms with van der Waals surface area (Å²) in [6, 6.07) is 20.6. The molecule has 0 saturated carbocycles. The van der Waals surface area contributed by atoms with Crippen molar-refractivity contribution in [3.8, 4) is 22.8 Å². The summed E-state index contributed by atoms with van der Waals surface area (Å²) in [7, 11) is 0. The van der Waals surface area contributed by atoms with Crippen molar-refractivity contribution in [3.05, 3.63) is 90.3 Å². The molecule has 0 atom stereocenters. The van der Waals surface area contributed by atoms with E-state index in [4.69, 9.17) is 12.2 Å².